The quantitative estimate of drug-likeness (QED) is 0.806. The Balaban J connectivity index is 1.94. The third-order valence-corrected chi connectivity index (χ3v) is 4.54. The molecule has 0 aromatic carbocycles. The van der Waals surface area contributed by atoms with Gasteiger partial charge in [0.05, 0.1) is 5.60 Å². The number of halogens is 1. The van der Waals surface area contributed by atoms with Crippen LogP contribution in [0.4, 0.5) is 0 Å². The Bertz CT molecular complexity index is 279. The summed E-state index contributed by atoms with van der Waals surface area (Å²) in [4.78, 5) is 2.43. The van der Waals surface area contributed by atoms with Gasteiger partial charge in [-0.3, -0.25) is 4.90 Å². The van der Waals surface area contributed by atoms with Gasteiger partial charge in [0, 0.05) is 31.1 Å². The van der Waals surface area contributed by atoms with Crippen LogP contribution < -0.4 is 0 Å². The van der Waals surface area contributed by atoms with Crippen molar-refractivity contribution in [3.63, 3.8) is 0 Å². The lowest BCUT2D eigenvalue weighted by Crippen LogP contribution is -2.53. The third-order valence-electron chi connectivity index (χ3n) is 4.17. The average Bonchev–Trinajstić information content (AvgIpc) is 2.29. The molecule has 1 heterocycles. The zero-order chi connectivity index (χ0) is 11.6. The average molecular weight is 244 g/mol. The van der Waals surface area contributed by atoms with E-state index in [1.165, 1.54) is 24.8 Å². The molecule has 1 saturated carbocycles. The summed E-state index contributed by atoms with van der Waals surface area (Å²) in [6.07, 6.45) is 5.62. The zero-order valence-electron chi connectivity index (χ0n) is 10.1. The first-order valence-corrected chi connectivity index (χ1v) is 6.78. The van der Waals surface area contributed by atoms with E-state index < -0.39 is 0 Å². The van der Waals surface area contributed by atoms with Crippen molar-refractivity contribution < 1.29 is 5.11 Å². The van der Waals surface area contributed by atoms with Gasteiger partial charge in [-0.05, 0) is 31.8 Å². The molecule has 0 spiro atoms. The second kappa shape index (κ2) is 5.07. The molecular weight excluding hydrogens is 222 g/mol. The second-order valence-electron chi connectivity index (χ2n) is 5.49. The summed E-state index contributed by atoms with van der Waals surface area (Å²) in [5.74, 6) is 0.484. The summed E-state index contributed by atoms with van der Waals surface area (Å²) in [5.41, 5.74) is 2.53. The second-order valence-corrected chi connectivity index (χ2v) is 5.71. The Hall–Kier alpha value is -0.0500. The van der Waals surface area contributed by atoms with Gasteiger partial charge in [0.2, 0.25) is 0 Å². The highest BCUT2D eigenvalue weighted by Crippen LogP contribution is 2.39. The van der Waals surface area contributed by atoms with Crippen LogP contribution in [0.25, 0.3) is 0 Å². The van der Waals surface area contributed by atoms with Crippen LogP contribution in [0.5, 0.6) is 0 Å². The number of hydrogen-bond donors (Lipinski definition) is 1. The van der Waals surface area contributed by atoms with Crippen LogP contribution in [0, 0.1) is 5.92 Å². The number of piperidine rings is 1. The van der Waals surface area contributed by atoms with Crippen LogP contribution >= 0.6 is 11.6 Å². The minimum atomic E-state index is -0.354. The van der Waals surface area contributed by atoms with Gasteiger partial charge in [-0.25, -0.2) is 0 Å². The van der Waals surface area contributed by atoms with Crippen molar-refractivity contribution in [2.75, 3.05) is 19.6 Å². The molecule has 2 aliphatic rings. The Morgan fingerprint density at radius 1 is 1.50 bits per heavy atom. The molecule has 0 aromatic rings. The first kappa shape index (κ1) is 12.4. The van der Waals surface area contributed by atoms with Gasteiger partial charge >= 0.3 is 0 Å². The molecule has 0 aromatic heterocycles. The molecular formula is C13H22ClNO. The topological polar surface area (TPSA) is 23.5 Å². The molecule has 2 unspecified atom stereocenters. The summed E-state index contributed by atoms with van der Waals surface area (Å²) in [6, 6.07) is 0. The molecule has 0 bridgehead atoms. The Labute approximate surface area is 103 Å². The largest absolute Gasteiger partial charge is 0.390 e. The van der Waals surface area contributed by atoms with Crippen LogP contribution in [-0.2, 0) is 0 Å². The number of aliphatic hydroxyl groups is 1. The molecule has 2 rings (SSSR count). The maximum absolute atomic E-state index is 10.5. The van der Waals surface area contributed by atoms with Gasteiger partial charge in [0.25, 0.3) is 0 Å². The van der Waals surface area contributed by atoms with Crippen LogP contribution in [-0.4, -0.2) is 35.2 Å². The molecule has 92 valence electrons. The van der Waals surface area contributed by atoms with Crippen molar-refractivity contribution in [1.29, 1.82) is 0 Å². The van der Waals surface area contributed by atoms with Crippen molar-refractivity contribution in [3.8, 4) is 0 Å². The number of rotatable bonds is 2. The molecule has 0 radical (unpaired) electrons. The van der Waals surface area contributed by atoms with E-state index in [2.05, 4.69) is 11.8 Å². The third kappa shape index (κ3) is 2.61. The Morgan fingerprint density at radius 2 is 2.31 bits per heavy atom. The molecule has 1 aliphatic heterocycles. The standard InChI is InChI=1S/C13H22ClNO/c1-11(8-14)9-15-7-6-13(16)5-3-2-4-12(13)10-15/h8,12,16H,2-7,9-10H2,1H3. The van der Waals surface area contributed by atoms with Crippen molar-refractivity contribution >= 4 is 11.6 Å². The summed E-state index contributed by atoms with van der Waals surface area (Å²) >= 11 is 5.70. The van der Waals surface area contributed by atoms with Gasteiger partial charge in [-0.2, -0.15) is 0 Å². The SMILES string of the molecule is CC(=CCl)CN1CCC2(O)CCCCC2C1. The smallest absolute Gasteiger partial charge is 0.0700 e. The number of likely N-dealkylation sites (tertiary alicyclic amines) is 1. The predicted molar refractivity (Wildman–Crippen MR) is 67.6 cm³/mol. The van der Waals surface area contributed by atoms with Crippen LogP contribution in [0.15, 0.2) is 11.1 Å². The molecule has 2 fully saturated rings. The summed E-state index contributed by atoms with van der Waals surface area (Å²) < 4.78 is 0. The van der Waals surface area contributed by atoms with E-state index in [1.54, 1.807) is 5.54 Å². The van der Waals surface area contributed by atoms with E-state index in [0.717, 1.165) is 32.5 Å². The van der Waals surface area contributed by atoms with Crippen LogP contribution in [0.3, 0.4) is 0 Å². The summed E-state index contributed by atoms with van der Waals surface area (Å²) in [6.45, 7) is 5.07. The highest BCUT2D eigenvalue weighted by Gasteiger charge is 2.42. The van der Waals surface area contributed by atoms with Gasteiger partial charge in [-0.15, -0.1) is 0 Å². The molecule has 3 heteroatoms. The van der Waals surface area contributed by atoms with Crippen molar-refractivity contribution in [1.82, 2.24) is 4.90 Å². The van der Waals surface area contributed by atoms with E-state index in [9.17, 15) is 5.11 Å². The van der Waals surface area contributed by atoms with Gasteiger partial charge in [0.15, 0.2) is 0 Å². The highest BCUT2D eigenvalue weighted by atomic mass is 35.5. The molecule has 16 heavy (non-hydrogen) atoms. The highest BCUT2D eigenvalue weighted by molar-refractivity contribution is 6.25. The fourth-order valence-corrected chi connectivity index (χ4v) is 3.24. The lowest BCUT2D eigenvalue weighted by molar-refractivity contribution is -0.0937. The van der Waals surface area contributed by atoms with E-state index in [1.807, 2.05) is 0 Å². The first-order valence-electron chi connectivity index (χ1n) is 6.35. The van der Waals surface area contributed by atoms with E-state index in [4.69, 9.17) is 11.6 Å². The monoisotopic (exact) mass is 243 g/mol. The zero-order valence-corrected chi connectivity index (χ0v) is 10.8. The van der Waals surface area contributed by atoms with Gasteiger partial charge in [0.1, 0.15) is 0 Å². The Morgan fingerprint density at radius 3 is 3.06 bits per heavy atom. The summed E-state index contributed by atoms with van der Waals surface area (Å²) in [5, 5.41) is 10.5. The van der Waals surface area contributed by atoms with E-state index >= 15 is 0 Å². The minimum Gasteiger partial charge on any atom is -0.390 e. The minimum absolute atomic E-state index is 0.354. The molecule has 1 saturated heterocycles. The molecule has 0 amide bonds. The predicted octanol–water partition coefficient (Wildman–Crippen LogP) is 2.76. The van der Waals surface area contributed by atoms with E-state index in [0.29, 0.717) is 5.92 Å². The molecule has 1 N–H and O–H groups in total. The molecule has 1 aliphatic carbocycles. The normalized spacial score (nSPS) is 37.2. The first-order chi connectivity index (χ1) is 7.64. The fourth-order valence-electron chi connectivity index (χ4n) is 3.17. The van der Waals surface area contributed by atoms with E-state index in [-0.39, 0.29) is 5.60 Å². The van der Waals surface area contributed by atoms with Crippen molar-refractivity contribution in [3.05, 3.63) is 11.1 Å². The lowest BCUT2D eigenvalue weighted by atomic mass is 9.71. The number of hydrogen-bond acceptors (Lipinski definition) is 2. The van der Waals surface area contributed by atoms with Crippen LogP contribution in [0.2, 0.25) is 0 Å². The van der Waals surface area contributed by atoms with Crippen molar-refractivity contribution in [2.45, 2.75) is 44.6 Å². The van der Waals surface area contributed by atoms with Crippen LogP contribution in [0.1, 0.15) is 39.0 Å². The van der Waals surface area contributed by atoms with Gasteiger partial charge < -0.3 is 5.11 Å². The van der Waals surface area contributed by atoms with Gasteiger partial charge in [-0.1, -0.05) is 24.4 Å². The maximum Gasteiger partial charge on any atom is 0.0700 e. The maximum atomic E-state index is 10.5. The number of nitrogens with zero attached hydrogens (tertiary/aromatic N) is 1. The van der Waals surface area contributed by atoms with Crippen molar-refractivity contribution in [2.24, 2.45) is 5.92 Å². The lowest BCUT2D eigenvalue weighted by Gasteiger charge is -2.47. The summed E-state index contributed by atoms with van der Waals surface area (Å²) in [7, 11) is 0. The molecule has 2 atom stereocenters. The fraction of sp³-hybridized carbons (Fsp3) is 0.846. The number of fused-ring (bicyclic) bond motifs is 1. The molecule has 2 nitrogen and oxygen atoms in total. The Kier molecular flexibility index (Phi) is 3.93.